The van der Waals surface area contributed by atoms with Crippen LogP contribution in [0.4, 0.5) is 0 Å². The molecule has 0 N–H and O–H groups in total. The van der Waals surface area contributed by atoms with Crippen LogP contribution in [0.15, 0.2) is 63.5 Å². The van der Waals surface area contributed by atoms with Gasteiger partial charge in [-0.1, -0.05) is 41.1 Å². The summed E-state index contributed by atoms with van der Waals surface area (Å²) in [5, 5.41) is 0.557. The van der Waals surface area contributed by atoms with Crippen LogP contribution in [0.25, 0.3) is 6.08 Å². The van der Waals surface area contributed by atoms with Gasteiger partial charge in [0.25, 0.3) is 5.56 Å². The van der Waals surface area contributed by atoms with E-state index in [9.17, 15) is 9.59 Å². The molecule has 3 aromatic rings. The summed E-state index contributed by atoms with van der Waals surface area (Å²) >= 11 is 7.36. The average Bonchev–Trinajstić information content (AvgIpc) is 3.12. The van der Waals surface area contributed by atoms with Crippen molar-refractivity contribution in [2.24, 2.45) is 4.99 Å². The lowest BCUT2D eigenvalue weighted by molar-refractivity contribution is -0.143. The van der Waals surface area contributed by atoms with Crippen LogP contribution in [0, 0.1) is 0 Å². The van der Waals surface area contributed by atoms with Crippen LogP contribution >= 0.6 is 22.9 Å². The Morgan fingerprint density at radius 3 is 2.43 bits per heavy atom. The highest BCUT2D eigenvalue weighted by Crippen LogP contribution is 2.32. The normalized spacial score (nSPS) is 15.6. The monoisotopic (exact) mass is 512 g/mol. The second-order valence-corrected chi connectivity index (χ2v) is 9.65. The summed E-state index contributed by atoms with van der Waals surface area (Å²) in [5.41, 5.74) is 2.08. The summed E-state index contributed by atoms with van der Waals surface area (Å²) < 4.78 is 18.2. The maximum absolute atomic E-state index is 13.7. The summed E-state index contributed by atoms with van der Waals surface area (Å²) in [4.78, 5) is 31.9. The van der Waals surface area contributed by atoms with Gasteiger partial charge in [-0.25, -0.2) is 9.79 Å². The Balaban J connectivity index is 1.92. The van der Waals surface area contributed by atoms with Crippen molar-refractivity contribution in [3.05, 3.63) is 89.6 Å². The van der Waals surface area contributed by atoms with Crippen LogP contribution in [0.2, 0.25) is 5.02 Å². The standard InChI is InChI=1S/C26H25ClN2O5S/c1-14(2)34-25(31)22-15(3)28-26-29(23(22)17-7-9-18(27)10-8-17)24(30)21(35-26)13-16-6-11-19(32-4)20(12-16)33-5/h6-14,23H,1-5H3/b21-13-/t23-/m0/s1. The maximum atomic E-state index is 13.7. The summed E-state index contributed by atoms with van der Waals surface area (Å²) in [7, 11) is 3.12. The van der Waals surface area contributed by atoms with Gasteiger partial charge in [0.05, 0.1) is 42.2 Å². The first-order chi connectivity index (χ1) is 16.7. The number of benzene rings is 2. The molecule has 35 heavy (non-hydrogen) atoms. The molecule has 0 aliphatic carbocycles. The van der Waals surface area contributed by atoms with Gasteiger partial charge in [-0.2, -0.15) is 0 Å². The number of methoxy groups -OCH3 is 2. The van der Waals surface area contributed by atoms with Crippen LogP contribution in [0.5, 0.6) is 11.5 Å². The quantitative estimate of drug-likeness (QED) is 0.469. The van der Waals surface area contributed by atoms with Gasteiger partial charge in [-0.15, -0.1) is 0 Å². The number of hydrogen-bond donors (Lipinski definition) is 0. The SMILES string of the molecule is COc1ccc(/C=c2\sc3n(c2=O)[C@@H](c2ccc(Cl)cc2)C(C(=O)OC(C)C)=C(C)N=3)cc1OC. The van der Waals surface area contributed by atoms with Crippen LogP contribution in [0.1, 0.15) is 37.9 Å². The number of carbonyl (C=O) groups excluding carboxylic acids is 1. The molecule has 0 radical (unpaired) electrons. The molecule has 0 amide bonds. The number of thiazole rings is 1. The van der Waals surface area contributed by atoms with Gasteiger partial charge in [0, 0.05) is 5.02 Å². The van der Waals surface area contributed by atoms with Gasteiger partial charge in [0.15, 0.2) is 16.3 Å². The molecule has 4 rings (SSSR count). The van der Waals surface area contributed by atoms with Crippen molar-refractivity contribution in [2.75, 3.05) is 14.2 Å². The van der Waals surface area contributed by atoms with Crippen molar-refractivity contribution in [3.8, 4) is 11.5 Å². The van der Waals surface area contributed by atoms with Crippen LogP contribution in [0.3, 0.4) is 0 Å². The van der Waals surface area contributed by atoms with E-state index in [-0.39, 0.29) is 11.7 Å². The molecular weight excluding hydrogens is 488 g/mol. The Hall–Kier alpha value is -3.36. The molecule has 0 spiro atoms. The number of nitrogens with zero attached hydrogens (tertiary/aromatic N) is 2. The van der Waals surface area contributed by atoms with Gasteiger partial charge in [0.1, 0.15) is 0 Å². The van der Waals surface area contributed by atoms with E-state index in [1.54, 1.807) is 82.0 Å². The molecule has 0 bridgehead atoms. The van der Waals surface area contributed by atoms with Gasteiger partial charge < -0.3 is 14.2 Å². The second kappa shape index (κ2) is 10.1. The van der Waals surface area contributed by atoms with E-state index in [4.69, 9.17) is 25.8 Å². The number of carbonyl (C=O) groups is 1. The highest BCUT2D eigenvalue weighted by Gasteiger charge is 2.33. The number of ether oxygens (including phenoxy) is 3. The molecule has 0 fully saturated rings. The Kier molecular flexibility index (Phi) is 7.14. The fourth-order valence-electron chi connectivity index (χ4n) is 3.91. The zero-order chi connectivity index (χ0) is 25.3. The van der Waals surface area contributed by atoms with Crippen LogP contribution < -0.4 is 24.4 Å². The molecule has 0 unspecified atom stereocenters. The van der Waals surface area contributed by atoms with Crippen molar-refractivity contribution in [3.63, 3.8) is 0 Å². The fraction of sp³-hybridized carbons (Fsp3) is 0.269. The van der Waals surface area contributed by atoms with Gasteiger partial charge in [-0.05, 0) is 62.2 Å². The summed E-state index contributed by atoms with van der Waals surface area (Å²) in [6.45, 7) is 5.32. The Morgan fingerprint density at radius 1 is 1.11 bits per heavy atom. The molecule has 1 aliphatic heterocycles. The van der Waals surface area contributed by atoms with E-state index < -0.39 is 12.0 Å². The predicted octanol–water partition coefficient (Wildman–Crippen LogP) is 3.86. The van der Waals surface area contributed by atoms with E-state index in [2.05, 4.69) is 4.99 Å². The Labute approximate surface area is 211 Å². The highest BCUT2D eigenvalue weighted by atomic mass is 35.5. The Bertz CT molecular complexity index is 1490. The third kappa shape index (κ3) is 4.90. The first-order valence-corrected chi connectivity index (χ1v) is 12.1. The number of hydrogen-bond acceptors (Lipinski definition) is 7. The van der Waals surface area contributed by atoms with Crippen LogP contribution in [-0.2, 0) is 9.53 Å². The molecular formula is C26H25ClN2O5S. The molecule has 0 saturated heterocycles. The smallest absolute Gasteiger partial charge is 0.338 e. The Morgan fingerprint density at radius 2 is 1.80 bits per heavy atom. The number of aromatic nitrogens is 1. The lowest BCUT2D eigenvalue weighted by Crippen LogP contribution is -2.40. The molecule has 2 aromatic carbocycles. The molecule has 7 nitrogen and oxygen atoms in total. The number of rotatable bonds is 6. The summed E-state index contributed by atoms with van der Waals surface area (Å²) in [6, 6.07) is 11.8. The van der Waals surface area contributed by atoms with Crippen LogP contribution in [-0.4, -0.2) is 30.9 Å². The molecule has 1 atom stereocenters. The lowest BCUT2D eigenvalue weighted by Gasteiger charge is -2.25. The molecule has 1 aromatic heterocycles. The average molecular weight is 513 g/mol. The third-order valence-corrected chi connectivity index (χ3v) is 6.71. The zero-order valence-electron chi connectivity index (χ0n) is 20.0. The van der Waals surface area contributed by atoms with Crippen molar-refractivity contribution in [1.29, 1.82) is 0 Å². The maximum Gasteiger partial charge on any atom is 0.338 e. The van der Waals surface area contributed by atoms with E-state index in [1.165, 1.54) is 11.3 Å². The van der Waals surface area contributed by atoms with Gasteiger partial charge >= 0.3 is 5.97 Å². The van der Waals surface area contributed by atoms with Crippen molar-refractivity contribution >= 4 is 35.0 Å². The summed E-state index contributed by atoms with van der Waals surface area (Å²) in [6.07, 6.45) is 1.46. The molecule has 0 saturated carbocycles. The van der Waals surface area contributed by atoms with Crippen molar-refractivity contribution < 1.29 is 19.0 Å². The third-order valence-electron chi connectivity index (χ3n) is 5.48. The first-order valence-electron chi connectivity index (χ1n) is 10.9. The minimum atomic E-state index is -0.692. The van der Waals surface area contributed by atoms with Crippen molar-refractivity contribution in [2.45, 2.75) is 32.9 Å². The lowest BCUT2D eigenvalue weighted by atomic mass is 9.96. The number of allylic oxidation sites excluding steroid dienone is 1. The first kappa shape index (κ1) is 24.8. The second-order valence-electron chi connectivity index (χ2n) is 8.20. The van der Waals surface area contributed by atoms with E-state index in [0.717, 1.165) is 11.1 Å². The van der Waals surface area contributed by atoms with Gasteiger partial charge in [0.2, 0.25) is 0 Å². The fourth-order valence-corrected chi connectivity index (χ4v) is 5.09. The van der Waals surface area contributed by atoms with E-state index in [0.29, 0.717) is 37.1 Å². The van der Waals surface area contributed by atoms with Gasteiger partial charge in [-0.3, -0.25) is 9.36 Å². The van der Waals surface area contributed by atoms with Crippen molar-refractivity contribution in [1.82, 2.24) is 4.57 Å². The molecule has 9 heteroatoms. The molecule has 2 heterocycles. The molecule has 1 aliphatic rings. The number of halogens is 1. The largest absolute Gasteiger partial charge is 0.493 e. The zero-order valence-corrected chi connectivity index (χ0v) is 21.6. The number of esters is 1. The highest BCUT2D eigenvalue weighted by molar-refractivity contribution is 7.07. The van der Waals surface area contributed by atoms with E-state index in [1.807, 2.05) is 6.07 Å². The predicted molar refractivity (Wildman–Crippen MR) is 136 cm³/mol. The van der Waals surface area contributed by atoms with E-state index >= 15 is 0 Å². The topological polar surface area (TPSA) is 79.1 Å². The minimum Gasteiger partial charge on any atom is -0.493 e. The summed E-state index contributed by atoms with van der Waals surface area (Å²) in [5.74, 6) is 0.649. The minimum absolute atomic E-state index is 0.258. The number of fused-ring (bicyclic) bond motifs is 1. The molecule has 182 valence electrons.